The van der Waals surface area contributed by atoms with Crippen LogP contribution in [0.25, 0.3) is 11.0 Å². The maximum Gasteiger partial charge on any atom is 0.246 e. The van der Waals surface area contributed by atoms with Gasteiger partial charge in [-0.05, 0) is 25.0 Å². The molecule has 4 nitrogen and oxygen atoms in total. The van der Waals surface area contributed by atoms with Crippen LogP contribution in [-0.2, 0) is 4.74 Å². The highest BCUT2D eigenvalue weighted by atomic mass is 16.5. The Balaban J connectivity index is 1.87. The Bertz CT molecular complexity index is 591. The number of hydrogen-bond donors (Lipinski definition) is 0. The highest BCUT2D eigenvalue weighted by molar-refractivity contribution is 5.86. The van der Waals surface area contributed by atoms with Crippen LogP contribution in [0.5, 0.6) is 5.75 Å². The average Bonchev–Trinajstić information content (AvgIpc) is 3.03. The standard InChI is InChI=1S/C14H13NO3/c15-8-13-14(17-9-10-4-3-7-16-10)11-5-1-2-6-12(11)18-13/h1-2,5-6,10H,3-4,7,9H2. The molecule has 18 heavy (non-hydrogen) atoms. The molecule has 1 unspecified atom stereocenters. The lowest BCUT2D eigenvalue weighted by Crippen LogP contribution is -2.16. The van der Waals surface area contributed by atoms with Crippen LogP contribution in [0.4, 0.5) is 0 Å². The van der Waals surface area contributed by atoms with Gasteiger partial charge in [0.1, 0.15) is 18.3 Å². The first-order valence-electron chi connectivity index (χ1n) is 6.04. The molecule has 2 aromatic rings. The van der Waals surface area contributed by atoms with E-state index in [4.69, 9.17) is 19.2 Å². The number of benzene rings is 1. The normalized spacial score (nSPS) is 18.9. The van der Waals surface area contributed by atoms with Crippen LogP contribution in [0.2, 0.25) is 0 Å². The smallest absolute Gasteiger partial charge is 0.246 e. The number of para-hydroxylation sites is 1. The second kappa shape index (κ2) is 4.71. The molecule has 0 amide bonds. The van der Waals surface area contributed by atoms with Crippen LogP contribution in [-0.4, -0.2) is 19.3 Å². The summed E-state index contributed by atoms with van der Waals surface area (Å²) in [5.41, 5.74) is 0.677. The summed E-state index contributed by atoms with van der Waals surface area (Å²) in [6.45, 7) is 1.27. The second-order valence-electron chi connectivity index (χ2n) is 4.31. The van der Waals surface area contributed by atoms with E-state index in [0.717, 1.165) is 24.8 Å². The van der Waals surface area contributed by atoms with Crippen LogP contribution < -0.4 is 4.74 Å². The summed E-state index contributed by atoms with van der Waals surface area (Å²) in [5, 5.41) is 9.90. The molecule has 1 aromatic carbocycles. The van der Waals surface area contributed by atoms with Crippen LogP contribution >= 0.6 is 0 Å². The van der Waals surface area contributed by atoms with Crippen molar-refractivity contribution in [2.24, 2.45) is 0 Å². The Morgan fingerprint density at radius 3 is 3.06 bits per heavy atom. The quantitative estimate of drug-likeness (QED) is 0.831. The molecule has 2 heterocycles. The molecule has 1 atom stereocenters. The molecule has 0 bridgehead atoms. The van der Waals surface area contributed by atoms with Gasteiger partial charge in [-0.25, -0.2) is 0 Å². The summed E-state index contributed by atoms with van der Waals surface area (Å²) in [7, 11) is 0. The molecular weight excluding hydrogens is 230 g/mol. The maximum atomic E-state index is 9.06. The van der Waals surface area contributed by atoms with Gasteiger partial charge in [-0.3, -0.25) is 0 Å². The Morgan fingerprint density at radius 1 is 1.39 bits per heavy atom. The molecule has 1 aliphatic rings. The van der Waals surface area contributed by atoms with Gasteiger partial charge in [0, 0.05) is 6.61 Å². The second-order valence-corrected chi connectivity index (χ2v) is 4.31. The van der Waals surface area contributed by atoms with Crippen molar-refractivity contribution in [3.8, 4) is 11.8 Å². The summed E-state index contributed by atoms with van der Waals surface area (Å²) in [6, 6.07) is 9.52. The minimum Gasteiger partial charge on any atom is -0.485 e. The number of nitrogens with zero attached hydrogens (tertiary/aromatic N) is 1. The monoisotopic (exact) mass is 243 g/mol. The first-order valence-corrected chi connectivity index (χ1v) is 6.04. The van der Waals surface area contributed by atoms with E-state index >= 15 is 0 Å². The maximum absolute atomic E-state index is 9.06. The molecule has 0 radical (unpaired) electrons. The SMILES string of the molecule is N#Cc1oc2ccccc2c1OCC1CCCO1. The minimum atomic E-state index is 0.130. The lowest BCUT2D eigenvalue weighted by molar-refractivity contribution is 0.0680. The lowest BCUT2D eigenvalue weighted by atomic mass is 10.2. The first kappa shape index (κ1) is 11.1. The van der Waals surface area contributed by atoms with Gasteiger partial charge in [0.25, 0.3) is 0 Å². The van der Waals surface area contributed by atoms with Gasteiger partial charge in [-0.15, -0.1) is 0 Å². The topological polar surface area (TPSA) is 55.4 Å². The van der Waals surface area contributed by atoms with Crippen molar-refractivity contribution in [3.05, 3.63) is 30.0 Å². The number of hydrogen-bond acceptors (Lipinski definition) is 4. The van der Waals surface area contributed by atoms with E-state index in [2.05, 4.69) is 0 Å². The zero-order chi connectivity index (χ0) is 12.4. The molecule has 0 spiro atoms. The predicted molar refractivity (Wildman–Crippen MR) is 65.4 cm³/mol. The Labute approximate surface area is 105 Å². The van der Waals surface area contributed by atoms with Crippen molar-refractivity contribution < 1.29 is 13.9 Å². The number of rotatable bonds is 3. The Morgan fingerprint density at radius 2 is 2.28 bits per heavy atom. The van der Waals surface area contributed by atoms with Gasteiger partial charge < -0.3 is 13.9 Å². The van der Waals surface area contributed by atoms with Crippen molar-refractivity contribution in [2.45, 2.75) is 18.9 Å². The molecule has 3 rings (SSSR count). The first-order chi connectivity index (χ1) is 8.88. The van der Waals surface area contributed by atoms with Crippen molar-refractivity contribution in [1.29, 1.82) is 5.26 Å². The third-order valence-corrected chi connectivity index (χ3v) is 3.09. The molecule has 1 saturated heterocycles. The molecule has 4 heteroatoms. The van der Waals surface area contributed by atoms with Crippen molar-refractivity contribution >= 4 is 11.0 Å². The largest absolute Gasteiger partial charge is 0.485 e. The fourth-order valence-corrected chi connectivity index (χ4v) is 2.19. The van der Waals surface area contributed by atoms with Crippen LogP contribution in [0.1, 0.15) is 18.6 Å². The van der Waals surface area contributed by atoms with Crippen molar-refractivity contribution in [3.63, 3.8) is 0 Å². The van der Waals surface area contributed by atoms with E-state index in [1.165, 1.54) is 0 Å². The van der Waals surface area contributed by atoms with E-state index in [0.29, 0.717) is 17.9 Å². The van der Waals surface area contributed by atoms with Crippen molar-refractivity contribution in [2.75, 3.05) is 13.2 Å². The summed E-state index contributed by atoms with van der Waals surface area (Å²) >= 11 is 0. The summed E-state index contributed by atoms with van der Waals surface area (Å²) in [4.78, 5) is 0. The van der Waals surface area contributed by atoms with Gasteiger partial charge in [0.2, 0.25) is 5.76 Å². The zero-order valence-electron chi connectivity index (χ0n) is 9.89. The van der Waals surface area contributed by atoms with E-state index < -0.39 is 0 Å². The highest BCUT2D eigenvalue weighted by Crippen LogP contribution is 2.32. The summed E-state index contributed by atoms with van der Waals surface area (Å²) in [6.07, 6.45) is 2.22. The number of furan rings is 1. The highest BCUT2D eigenvalue weighted by Gasteiger charge is 2.20. The Hall–Kier alpha value is -1.99. The Kier molecular flexibility index (Phi) is 2.91. The molecule has 0 saturated carbocycles. The fraction of sp³-hybridized carbons (Fsp3) is 0.357. The molecule has 0 N–H and O–H groups in total. The molecular formula is C14H13NO3. The number of nitriles is 1. The van der Waals surface area contributed by atoms with Gasteiger partial charge in [0.15, 0.2) is 5.75 Å². The summed E-state index contributed by atoms with van der Waals surface area (Å²) in [5.74, 6) is 0.762. The van der Waals surface area contributed by atoms with Gasteiger partial charge in [-0.2, -0.15) is 5.26 Å². The molecule has 1 fully saturated rings. The third-order valence-electron chi connectivity index (χ3n) is 3.09. The third kappa shape index (κ3) is 1.93. The van der Waals surface area contributed by atoms with Crippen LogP contribution in [0.15, 0.2) is 28.7 Å². The predicted octanol–water partition coefficient (Wildman–Crippen LogP) is 2.86. The molecule has 1 aliphatic heterocycles. The molecule has 92 valence electrons. The van der Waals surface area contributed by atoms with Crippen LogP contribution in [0, 0.1) is 11.3 Å². The van der Waals surface area contributed by atoms with Crippen molar-refractivity contribution in [1.82, 2.24) is 0 Å². The summed E-state index contributed by atoms with van der Waals surface area (Å²) < 4.78 is 16.7. The van der Waals surface area contributed by atoms with E-state index in [1.807, 2.05) is 30.3 Å². The van der Waals surface area contributed by atoms with E-state index in [1.54, 1.807) is 0 Å². The average molecular weight is 243 g/mol. The van der Waals surface area contributed by atoms with Crippen LogP contribution in [0.3, 0.4) is 0 Å². The molecule has 0 aliphatic carbocycles. The number of ether oxygens (including phenoxy) is 2. The van der Waals surface area contributed by atoms with E-state index in [-0.39, 0.29) is 11.9 Å². The van der Waals surface area contributed by atoms with Gasteiger partial charge in [0.05, 0.1) is 11.5 Å². The molecule has 1 aromatic heterocycles. The minimum absolute atomic E-state index is 0.130. The van der Waals surface area contributed by atoms with Gasteiger partial charge >= 0.3 is 0 Å². The zero-order valence-corrected chi connectivity index (χ0v) is 9.89. The van der Waals surface area contributed by atoms with E-state index in [9.17, 15) is 0 Å². The number of fused-ring (bicyclic) bond motifs is 1. The fourth-order valence-electron chi connectivity index (χ4n) is 2.19. The van der Waals surface area contributed by atoms with Gasteiger partial charge in [-0.1, -0.05) is 12.1 Å². The lowest BCUT2D eigenvalue weighted by Gasteiger charge is -2.10.